The van der Waals surface area contributed by atoms with Crippen molar-refractivity contribution in [2.24, 2.45) is 0 Å². The predicted molar refractivity (Wildman–Crippen MR) is 71.8 cm³/mol. The summed E-state index contributed by atoms with van der Waals surface area (Å²) < 4.78 is 5.58. The van der Waals surface area contributed by atoms with E-state index in [0.29, 0.717) is 19.6 Å². The maximum Gasteiger partial charge on any atom is 0.120 e. The van der Waals surface area contributed by atoms with Crippen molar-refractivity contribution >= 4 is 28.7 Å². The molecule has 2 nitrogen and oxygen atoms in total. The molecule has 4 heteroatoms. The predicted octanol–water partition coefficient (Wildman–Crippen LogP) is 3.13. The standard InChI is InChI=1S/C12H16O2S2/c13-8-4-7-12(16-15)10-14-9-11-5-2-1-3-6-11/h1-3,5-6,8,12,15H,4,7,9-10H2. The van der Waals surface area contributed by atoms with Gasteiger partial charge in [0.15, 0.2) is 0 Å². The average molecular weight is 256 g/mol. The van der Waals surface area contributed by atoms with Crippen molar-refractivity contribution in [3.63, 3.8) is 0 Å². The fraction of sp³-hybridized carbons (Fsp3) is 0.417. The number of ether oxygens (including phenoxy) is 1. The van der Waals surface area contributed by atoms with Crippen molar-refractivity contribution in [2.75, 3.05) is 6.61 Å². The third-order valence-corrected chi connectivity index (χ3v) is 3.74. The number of aldehydes is 1. The first-order chi connectivity index (χ1) is 7.86. The van der Waals surface area contributed by atoms with E-state index in [-0.39, 0.29) is 5.25 Å². The molecule has 0 amide bonds. The molecular weight excluding hydrogens is 240 g/mol. The molecular formula is C12H16O2S2. The zero-order valence-electron chi connectivity index (χ0n) is 9.04. The Hall–Kier alpha value is -0.450. The van der Waals surface area contributed by atoms with Gasteiger partial charge in [-0.1, -0.05) is 41.1 Å². The quantitative estimate of drug-likeness (QED) is 0.440. The van der Waals surface area contributed by atoms with Crippen LogP contribution in [0.1, 0.15) is 18.4 Å². The molecule has 88 valence electrons. The molecule has 0 bridgehead atoms. The van der Waals surface area contributed by atoms with E-state index in [0.717, 1.165) is 12.7 Å². The first-order valence-corrected chi connectivity index (χ1v) is 7.15. The minimum Gasteiger partial charge on any atom is -0.376 e. The van der Waals surface area contributed by atoms with Crippen molar-refractivity contribution in [1.82, 2.24) is 0 Å². The molecule has 0 heterocycles. The third-order valence-electron chi connectivity index (χ3n) is 2.17. The van der Waals surface area contributed by atoms with Gasteiger partial charge in [0.1, 0.15) is 6.29 Å². The van der Waals surface area contributed by atoms with Crippen LogP contribution in [0.15, 0.2) is 30.3 Å². The summed E-state index contributed by atoms with van der Waals surface area (Å²) >= 11 is 4.17. The number of carbonyl (C=O) groups is 1. The molecule has 1 rings (SSSR count). The average Bonchev–Trinajstić information content (AvgIpc) is 2.35. The lowest BCUT2D eigenvalue weighted by molar-refractivity contribution is -0.107. The zero-order chi connectivity index (χ0) is 11.6. The number of rotatable bonds is 8. The number of hydrogen-bond acceptors (Lipinski definition) is 4. The fourth-order valence-corrected chi connectivity index (χ4v) is 2.20. The highest BCUT2D eigenvalue weighted by molar-refractivity contribution is 8.68. The van der Waals surface area contributed by atoms with E-state index in [1.807, 2.05) is 30.3 Å². The van der Waals surface area contributed by atoms with Crippen LogP contribution >= 0.6 is 22.5 Å². The summed E-state index contributed by atoms with van der Waals surface area (Å²) in [4.78, 5) is 10.2. The van der Waals surface area contributed by atoms with Crippen molar-refractivity contribution in [2.45, 2.75) is 24.7 Å². The van der Waals surface area contributed by atoms with Gasteiger partial charge in [0.05, 0.1) is 13.2 Å². The second-order valence-corrected chi connectivity index (χ2v) is 4.98. The molecule has 1 unspecified atom stereocenters. The molecule has 16 heavy (non-hydrogen) atoms. The summed E-state index contributed by atoms with van der Waals surface area (Å²) in [5, 5.41) is 0.289. The van der Waals surface area contributed by atoms with Gasteiger partial charge < -0.3 is 9.53 Å². The van der Waals surface area contributed by atoms with Crippen LogP contribution in [0.5, 0.6) is 0 Å². The van der Waals surface area contributed by atoms with Gasteiger partial charge in [-0.15, -0.1) is 11.7 Å². The summed E-state index contributed by atoms with van der Waals surface area (Å²) in [6, 6.07) is 10.0. The summed E-state index contributed by atoms with van der Waals surface area (Å²) in [6.07, 6.45) is 2.34. The number of benzene rings is 1. The lowest BCUT2D eigenvalue weighted by atomic mass is 10.2. The van der Waals surface area contributed by atoms with Gasteiger partial charge >= 0.3 is 0 Å². The topological polar surface area (TPSA) is 26.3 Å². The van der Waals surface area contributed by atoms with Gasteiger partial charge in [0.2, 0.25) is 0 Å². The molecule has 0 radical (unpaired) electrons. The van der Waals surface area contributed by atoms with Crippen molar-refractivity contribution < 1.29 is 9.53 Å². The second kappa shape index (κ2) is 8.67. The maximum absolute atomic E-state index is 10.2. The van der Waals surface area contributed by atoms with E-state index in [2.05, 4.69) is 11.7 Å². The highest BCUT2D eigenvalue weighted by atomic mass is 33.1. The molecule has 1 aromatic rings. The number of thiol groups is 1. The van der Waals surface area contributed by atoms with Gasteiger partial charge in [-0.3, -0.25) is 0 Å². The van der Waals surface area contributed by atoms with E-state index in [4.69, 9.17) is 4.74 Å². The highest BCUT2D eigenvalue weighted by Crippen LogP contribution is 2.20. The molecule has 0 spiro atoms. The van der Waals surface area contributed by atoms with Gasteiger partial charge in [0, 0.05) is 11.7 Å². The summed E-state index contributed by atoms with van der Waals surface area (Å²) in [7, 11) is 1.46. The Morgan fingerprint density at radius 1 is 1.38 bits per heavy atom. The van der Waals surface area contributed by atoms with Gasteiger partial charge in [0.25, 0.3) is 0 Å². The second-order valence-electron chi connectivity index (χ2n) is 3.47. The maximum atomic E-state index is 10.2. The first kappa shape index (κ1) is 13.6. The smallest absolute Gasteiger partial charge is 0.120 e. The summed E-state index contributed by atoms with van der Waals surface area (Å²) in [5.74, 6) is 0. The summed E-state index contributed by atoms with van der Waals surface area (Å²) in [5.41, 5.74) is 1.17. The molecule has 0 aromatic heterocycles. The lowest BCUT2D eigenvalue weighted by Gasteiger charge is -2.12. The third kappa shape index (κ3) is 5.58. The van der Waals surface area contributed by atoms with E-state index in [9.17, 15) is 4.79 Å². The van der Waals surface area contributed by atoms with E-state index >= 15 is 0 Å². The molecule has 1 aromatic carbocycles. The van der Waals surface area contributed by atoms with Crippen LogP contribution < -0.4 is 0 Å². The number of carbonyl (C=O) groups excluding carboxylic acids is 1. The highest BCUT2D eigenvalue weighted by Gasteiger charge is 2.07. The van der Waals surface area contributed by atoms with Gasteiger partial charge in [-0.25, -0.2) is 0 Å². The number of hydrogen-bond donors (Lipinski definition) is 1. The molecule has 0 N–H and O–H groups in total. The lowest BCUT2D eigenvalue weighted by Crippen LogP contribution is -2.11. The van der Waals surface area contributed by atoms with Crippen LogP contribution in [0.4, 0.5) is 0 Å². The molecule has 0 aliphatic heterocycles. The Labute approximate surface area is 106 Å². The van der Waals surface area contributed by atoms with Crippen molar-refractivity contribution in [3.8, 4) is 0 Å². The molecule has 0 saturated carbocycles. The zero-order valence-corrected chi connectivity index (χ0v) is 10.8. The molecule has 1 atom stereocenters. The summed E-state index contributed by atoms with van der Waals surface area (Å²) in [6.45, 7) is 1.25. The molecule has 0 aliphatic carbocycles. The SMILES string of the molecule is O=CCCC(COCc1ccccc1)SS. The van der Waals surface area contributed by atoms with Gasteiger partial charge in [-0.2, -0.15) is 0 Å². The van der Waals surface area contributed by atoms with Crippen molar-refractivity contribution in [3.05, 3.63) is 35.9 Å². The minimum absolute atomic E-state index is 0.289. The van der Waals surface area contributed by atoms with Crippen LogP contribution in [-0.4, -0.2) is 18.1 Å². The van der Waals surface area contributed by atoms with Crippen LogP contribution in [0.25, 0.3) is 0 Å². The van der Waals surface area contributed by atoms with Crippen LogP contribution in [0, 0.1) is 0 Å². The van der Waals surface area contributed by atoms with E-state index in [1.54, 1.807) is 0 Å². The monoisotopic (exact) mass is 256 g/mol. The van der Waals surface area contributed by atoms with Crippen LogP contribution in [0.3, 0.4) is 0 Å². The minimum atomic E-state index is 0.289. The Bertz CT molecular complexity index is 290. The normalized spacial score (nSPS) is 12.3. The van der Waals surface area contributed by atoms with Gasteiger partial charge in [-0.05, 0) is 12.0 Å². The molecule has 0 aliphatic rings. The Morgan fingerprint density at radius 2 is 2.12 bits per heavy atom. The molecule has 0 fully saturated rings. The Balaban J connectivity index is 2.20. The van der Waals surface area contributed by atoms with E-state index in [1.165, 1.54) is 16.4 Å². The van der Waals surface area contributed by atoms with Crippen LogP contribution in [-0.2, 0) is 16.1 Å². The van der Waals surface area contributed by atoms with Crippen LogP contribution in [0.2, 0.25) is 0 Å². The Kier molecular flexibility index (Phi) is 7.38. The Morgan fingerprint density at radius 3 is 2.75 bits per heavy atom. The fourth-order valence-electron chi connectivity index (χ4n) is 1.30. The van der Waals surface area contributed by atoms with Crippen molar-refractivity contribution in [1.29, 1.82) is 0 Å². The largest absolute Gasteiger partial charge is 0.376 e. The first-order valence-electron chi connectivity index (χ1n) is 5.22. The molecule has 0 saturated heterocycles. The van der Waals surface area contributed by atoms with E-state index < -0.39 is 0 Å².